The van der Waals surface area contributed by atoms with Gasteiger partial charge in [-0.25, -0.2) is 8.42 Å². The average molecular weight is 502 g/mol. The van der Waals surface area contributed by atoms with Crippen molar-refractivity contribution in [2.24, 2.45) is 0 Å². The van der Waals surface area contributed by atoms with Crippen LogP contribution in [-0.4, -0.2) is 74.6 Å². The Balaban J connectivity index is 1.86. The largest absolute Gasteiger partial charge is 0.497 e. The lowest BCUT2D eigenvalue weighted by molar-refractivity contribution is -0.139. The SMILES string of the molecule is CCCC(=O)N1CCN(C(=O)[C@H](NC(=O)c2ccc(OC)cc2)S(=O)(=O)c2ccc(C)cc2)CC1. The number of benzene rings is 2. The van der Waals surface area contributed by atoms with Gasteiger partial charge in [-0.2, -0.15) is 0 Å². The van der Waals surface area contributed by atoms with Gasteiger partial charge in [0.15, 0.2) is 0 Å². The van der Waals surface area contributed by atoms with E-state index in [4.69, 9.17) is 4.74 Å². The minimum Gasteiger partial charge on any atom is -0.497 e. The first-order valence-corrected chi connectivity index (χ1v) is 13.0. The van der Waals surface area contributed by atoms with Gasteiger partial charge in [-0.3, -0.25) is 14.4 Å². The number of nitrogens with zero attached hydrogens (tertiary/aromatic N) is 2. The molecule has 0 bridgehead atoms. The maximum Gasteiger partial charge on any atom is 0.261 e. The first kappa shape index (κ1) is 26.2. The average Bonchev–Trinajstić information content (AvgIpc) is 2.87. The molecule has 35 heavy (non-hydrogen) atoms. The van der Waals surface area contributed by atoms with E-state index in [1.54, 1.807) is 29.2 Å². The van der Waals surface area contributed by atoms with Gasteiger partial charge in [0.2, 0.25) is 21.1 Å². The molecule has 2 aromatic carbocycles. The van der Waals surface area contributed by atoms with Gasteiger partial charge in [-0.1, -0.05) is 24.6 Å². The molecule has 1 atom stereocenters. The normalized spacial score (nSPS) is 14.8. The summed E-state index contributed by atoms with van der Waals surface area (Å²) in [5, 5.41) is 0.628. The number of aryl methyl sites for hydroxylation is 1. The van der Waals surface area contributed by atoms with Crippen molar-refractivity contribution in [2.45, 2.75) is 37.0 Å². The van der Waals surface area contributed by atoms with E-state index in [0.29, 0.717) is 25.3 Å². The summed E-state index contributed by atoms with van der Waals surface area (Å²) >= 11 is 0. The fourth-order valence-corrected chi connectivity index (χ4v) is 5.26. The third kappa shape index (κ3) is 6.19. The molecule has 10 heteroatoms. The third-order valence-electron chi connectivity index (χ3n) is 5.91. The summed E-state index contributed by atoms with van der Waals surface area (Å²) in [6.45, 7) is 4.75. The van der Waals surface area contributed by atoms with Gasteiger partial charge < -0.3 is 19.9 Å². The first-order chi connectivity index (χ1) is 16.7. The molecule has 0 saturated carbocycles. The Bertz CT molecular complexity index is 1150. The van der Waals surface area contributed by atoms with E-state index >= 15 is 0 Å². The highest BCUT2D eigenvalue weighted by Gasteiger charge is 2.39. The molecule has 0 spiro atoms. The van der Waals surface area contributed by atoms with Crippen molar-refractivity contribution in [1.29, 1.82) is 0 Å². The van der Waals surface area contributed by atoms with Crippen molar-refractivity contribution in [3.05, 3.63) is 59.7 Å². The minimum absolute atomic E-state index is 0.0104. The number of ether oxygens (including phenoxy) is 1. The zero-order valence-electron chi connectivity index (χ0n) is 20.2. The predicted octanol–water partition coefficient (Wildman–Crippen LogP) is 2.00. The highest BCUT2D eigenvalue weighted by Crippen LogP contribution is 2.20. The Labute approximate surface area is 206 Å². The number of nitrogens with one attached hydrogen (secondary N) is 1. The van der Waals surface area contributed by atoms with Crippen molar-refractivity contribution < 1.29 is 27.5 Å². The van der Waals surface area contributed by atoms with Gasteiger partial charge in [-0.15, -0.1) is 0 Å². The monoisotopic (exact) mass is 501 g/mol. The Kier molecular flexibility index (Phi) is 8.50. The van der Waals surface area contributed by atoms with E-state index in [9.17, 15) is 22.8 Å². The van der Waals surface area contributed by atoms with Gasteiger partial charge in [0, 0.05) is 38.2 Å². The number of hydrogen-bond donors (Lipinski definition) is 1. The van der Waals surface area contributed by atoms with Crippen molar-refractivity contribution in [3.63, 3.8) is 0 Å². The summed E-state index contributed by atoms with van der Waals surface area (Å²) < 4.78 is 32.1. The van der Waals surface area contributed by atoms with E-state index in [0.717, 1.165) is 12.0 Å². The topological polar surface area (TPSA) is 113 Å². The van der Waals surface area contributed by atoms with Gasteiger partial charge in [0.05, 0.1) is 12.0 Å². The van der Waals surface area contributed by atoms with Crippen LogP contribution in [0.3, 0.4) is 0 Å². The molecule has 1 N–H and O–H groups in total. The lowest BCUT2D eigenvalue weighted by Gasteiger charge is -2.36. The molecule has 1 aliphatic rings. The van der Waals surface area contributed by atoms with Gasteiger partial charge in [0.1, 0.15) is 5.75 Å². The molecule has 0 aromatic heterocycles. The number of piperazine rings is 1. The van der Waals surface area contributed by atoms with Crippen LogP contribution in [0, 0.1) is 6.92 Å². The minimum atomic E-state index is -4.25. The van der Waals surface area contributed by atoms with Gasteiger partial charge >= 0.3 is 0 Å². The van der Waals surface area contributed by atoms with Crippen molar-refractivity contribution in [3.8, 4) is 5.75 Å². The summed E-state index contributed by atoms with van der Waals surface area (Å²) in [7, 11) is -2.76. The summed E-state index contributed by atoms with van der Waals surface area (Å²) in [5.74, 6) is -0.873. The van der Waals surface area contributed by atoms with Crippen LogP contribution < -0.4 is 10.1 Å². The van der Waals surface area contributed by atoms with Crippen LogP contribution in [0.2, 0.25) is 0 Å². The maximum atomic E-state index is 13.5. The number of rotatable bonds is 8. The molecule has 2 aromatic rings. The molecule has 1 aliphatic heterocycles. The van der Waals surface area contributed by atoms with Gasteiger partial charge in [0.25, 0.3) is 11.8 Å². The number of carbonyl (C=O) groups is 3. The molecule has 1 saturated heterocycles. The number of hydrogen-bond acceptors (Lipinski definition) is 6. The zero-order chi connectivity index (χ0) is 25.6. The molecule has 1 heterocycles. The van der Waals surface area contributed by atoms with E-state index in [-0.39, 0.29) is 29.5 Å². The second kappa shape index (κ2) is 11.4. The second-order valence-electron chi connectivity index (χ2n) is 8.40. The Morgan fingerprint density at radius 1 is 0.943 bits per heavy atom. The van der Waals surface area contributed by atoms with Crippen LogP contribution in [0.5, 0.6) is 5.75 Å². The number of sulfone groups is 1. The van der Waals surface area contributed by atoms with Gasteiger partial charge in [-0.05, 0) is 49.7 Å². The molecule has 0 unspecified atom stereocenters. The van der Waals surface area contributed by atoms with E-state index in [2.05, 4.69) is 5.32 Å². The summed E-state index contributed by atoms with van der Waals surface area (Å²) in [5.41, 5.74) is 1.06. The fraction of sp³-hybridized carbons (Fsp3) is 0.400. The number of amides is 3. The molecule has 3 amide bonds. The molecule has 188 valence electrons. The summed E-state index contributed by atoms with van der Waals surface area (Å²) in [6, 6.07) is 12.3. The predicted molar refractivity (Wildman–Crippen MR) is 131 cm³/mol. The smallest absolute Gasteiger partial charge is 0.261 e. The van der Waals surface area contributed by atoms with Crippen molar-refractivity contribution in [2.75, 3.05) is 33.3 Å². The molecular formula is C25H31N3O6S. The molecular weight excluding hydrogens is 470 g/mol. The van der Waals surface area contributed by atoms with Crippen LogP contribution >= 0.6 is 0 Å². The van der Waals surface area contributed by atoms with Crippen LogP contribution in [-0.2, 0) is 19.4 Å². The van der Waals surface area contributed by atoms with Crippen LogP contribution in [0.15, 0.2) is 53.4 Å². The molecule has 9 nitrogen and oxygen atoms in total. The molecule has 0 aliphatic carbocycles. The highest BCUT2D eigenvalue weighted by atomic mass is 32.2. The Morgan fingerprint density at radius 2 is 1.51 bits per heavy atom. The van der Waals surface area contributed by atoms with E-state index in [1.165, 1.54) is 36.3 Å². The second-order valence-corrected chi connectivity index (χ2v) is 10.4. The van der Waals surface area contributed by atoms with Crippen molar-refractivity contribution in [1.82, 2.24) is 15.1 Å². The molecule has 3 rings (SSSR count). The van der Waals surface area contributed by atoms with E-state index < -0.39 is 27.0 Å². The standard InChI is InChI=1S/C25H31N3O6S/c1-4-5-22(29)27-14-16-28(17-15-27)25(31)24(35(32,33)21-12-6-18(2)7-13-21)26-23(30)19-8-10-20(34-3)11-9-19/h6-13,24H,4-5,14-17H2,1-3H3,(H,26,30)/t24-/m1/s1. The van der Waals surface area contributed by atoms with Crippen LogP contribution in [0.1, 0.15) is 35.7 Å². The Morgan fingerprint density at radius 3 is 2.06 bits per heavy atom. The third-order valence-corrected chi connectivity index (χ3v) is 7.78. The number of carbonyl (C=O) groups excluding carboxylic acids is 3. The molecule has 0 radical (unpaired) electrons. The summed E-state index contributed by atoms with van der Waals surface area (Å²) in [6.07, 6.45) is 1.16. The highest BCUT2D eigenvalue weighted by molar-refractivity contribution is 7.92. The fourth-order valence-electron chi connectivity index (χ4n) is 3.79. The number of methoxy groups -OCH3 is 1. The zero-order valence-corrected chi connectivity index (χ0v) is 21.0. The lowest BCUT2D eigenvalue weighted by Crippen LogP contribution is -2.57. The lowest BCUT2D eigenvalue weighted by atomic mass is 10.2. The first-order valence-electron chi connectivity index (χ1n) is 11.5. The Hall–Kier alpha value is -3.40. The quantitative estimate of drug-likeness (QED) is 0.592. The van der Waals surface area contributed by atoms with Crippen LogP contribution in [0.4, 0.5) is 0 Å². The summed E-state index contributed by atoms with van der Waals surface area (Å²) in [4.78, 5) is 41.6. The van der Waals surface area contributed by atoms with E-state index in [1.807, 2.05) is 13.8 Å². The van der Waals surface area contributed by atoms with Crippen LogP contribution in [0.25, 0.3) is 0 Å². The molecule has 1 fully saturated rings. The maximum absolute atomic E-state index is 13.5. The van der Waals surface area contributed by atoms with Crippen molar-refractivity contribution >= 4 is 27.6 Å².